The Morgan fingerprint density at radius 3 is 2.73 bits per heavy atom. The summed E-state index contributed by atoms with van der Waals surface area (Å²) in [6.45, 7) is 7.13. The summed E-state index contributed by atoms with van der Waals surface area (Å²) in [4.78, 5) is 10.1. The van der Waals surface area contributed by atoms with E-state index in [1.165, 1.54) is 0 Å². The van der Waals surface area contributed by atoms with E-state index < -0.39 is 5.97 Å². The van der Waals surface area contributed by atoms with Crippen molar-refractivity contribution in [2.45, 2.75) is 12.8 Å². The maximum Gasteiger partial charge on any atom is 0.322 e. The molecule has 0 aromatic carbocycles. The molecule has 0 atom stereocenters. The molecule has 0 aliphatic carbocycles. The zero-order valence-corrected chi connectivity index (χ0v) is 6.47. The van der Waals surface area contributed by atoms with E-state index in [1.54, 1.807) is 6.08 Å². The van der Waals surface area contributed by atoms with E-state index in [0.717, 1.165) is 18.5 Å². The van der Waals surface area contributed by atoms with Gasteiger partial charge in [-0.05, 0) is 12.8 Å². The lowest BCUT2D eigenvalue weighted by Gasteiger charge is -2.04. The second-order valence-electron chi connectivity index (χ2n) is 2.18. The maximum absolute atomic E-state index is 10.1. The first-order chi connectivity index (χ1) is 5.16. The van der Waals surface area contributed by atoms with Crippen LogP contribution in [-0.4, -0.2) is 17.6 Å². The predicted molar refractivity (Wildman–Crippen MR) is 44.2 cm³/mol. The molecule has 2 N–H and O–H groups in total. The zero-order valence-electron chi connectivity index (χ0n) is 6.47. The fourth-order valence-corrected chi connectivity index (χ4v) is 0.565. The van der Waals surface area contributed by atoms with Gasteiger partial charge in [-0.25, -0.2) is 0 Å². The highest BCUT2D eigenvalue weighted by atomic mass is 16.4. The third-order valence-corrected chi connectivity index (χ3v) is 1.14. The number of rotatable bonds is 6. The van der Waals surface area contributed by atoms with Gasteiger partial charge in [0.2, 0.25) is 0 Å². The molecule has 11 heavy (non-hydrogen) atoms. The van der Waals surface area contributed by atoms with Crippen LogP contribution in [0.3, 0.4) is 0 Å². The minimum Gasteiger partial charge on any atom is -0.480 e. The van der Waals surface area contributed by atoms with Gasteiger partial charge in [0.1, 0.15) is 6.54 Å². The van der Waals surface area contributed by atoms with Crippen molar-refractivity contribution >= 4 is 5.97 Å². The highest BCUT2D eigenvalue weighted by Gasteiger charge is 1.95. The predicted octanol–water partition coefficient (Wildman–Crippen LogP) is 1.14. The number of carbonyl (C=O) groups is 1. The minimum atomic E-state index is -0.871. The highest BCUT2D eigenvalue weighted by molar-refractivity contribution is 5.69. The van der Waals surface area contributed by atoms with Crippen LogP contribution < -0.4 is 5.32 Å². The lowest BCUT2D eigenvalue weighted by Crippen LogP contribution is -2.21. The SMILES string of the molecule is C=CCCC(=C)NCC(=O)O. The molecule has 0 saturated carbocycles. The summed E-state index contributed by atoms with van der Waals surface area (Å²) in [5.74, 6) is -0.871. The van der Waals surface area contributed by atoms with Crippen LogP contribution in [0.2, 0.25) is 0 Å². The molecular weight excluding hydrogens is 142 g/mol. The Morgan fingerprint density at radius 1 is 1.64 bits per heavy atom. The second kappa shape index (κ2) is 5.53. The second-order valence-corrected chi connectivity index (χ2v) is 2.18. The van der Waals surface area contributed by atoms with Gasteiger partial charge in [-0.15, -0.1) is 6.58 Å². The Balaban J connectivity index is 3.37. The van der Waals surface area contributed by atoms with Crippen molar-refractivity contribution in [3.8, 4) is 0 Å². The van der Waals surface area contributed by atoms with Crippen LogP contribution in [0.25, 0.3) is 0 Å². The molecule has 0 unspecified atom stereocenters. The Bertz CT molecular complexity index is 163. The van der Waals surface area contributed by atoms with Gasteiger partial charge in [0.15, 0.2) is 0 Å². The van der Waals surface area contributed by atoms with E-state index >= 15 is 0 Å². The van der Waals surface area contributed by atoms with Gasteiger partial charge in [-0.2, -0.15) is 0 Å². The van der Waals surface area contributed by atoms with Gasteiger partial charge >= 0.3 is 5.97 Å². The lowest BCUT2D eigenvalue weighted by molar-refractivity contribution is -0.135. The first-order valence-corrected chi connectivity index (χ1v) is 3.41. The maximum atomic E-state index is 10.1. The lowest BCUT2D eigenvalue weighted by atomic mass is 10.2. The summed E-state index contributed by atoms with van der Waals surface area (Å²) in [5.41, 5.74) is 0.743. The molecule has 0 aliphatic rings. The first kappa shape index (κ1) is 9.75. The van der Waals surface area contributed by atoms with Crippen molar-refractivity contribution in [2.75, 3.05) is 6.54 Å². The zero-order chi connectivity index (χ0) is 8.69. The molecular formula is C8H13NO2. The smallest absolute Gasteiger partial charge is 0.322 e. The van der Waals surface area contributed by atoms with Crippen molar-refractivity contribution in [3.63, 3.8) is 0 Å². The average Bonchev–Trinajstić information content (AvgIpc) is 1.97. The molecule has 3 heteroatoms. The number of carboxylic acid groups (broad SMARTS) is 1. The van der Waals surface area contributed by atoms with Crippen LogP contribution in [0, 0.1) is 0 Å². The average molecular weight is 155 g/mol. The molecule has 0 spiro atoms. The summed E-state index contributed by atoms with van der Waals surface area (Å²) >= 11 is 0. The number of nitrogens with one attached hydrogen (secondary N) is 1. The highest BCUT2D eigenvalue weighted by Crippen LogP contribution is 1.97. The monoisotopic (exact) mass is 155 g/mol. The number of allylic oxidation sites excluding steroid dienone is 2. The van der Waals surface area contributed by atoms with Crippen molar-refractivity contribution in [2.24, 2.45) is 0 Å². The van der Waals surface area contributed by atoms with E-state index in [9.17, 15) is 4.79 Å². The Kier molecular flexibility index (Phi) is 4.90. The van der Waals surface area contributed by atoms with E-state index in [4.69, 9.17) is 5.11 Å². The number of hydrogen-bond donors (Lipinski definition) is 2. The fraction of sp³-hybridized carbons (Fsp3) is 0.375. The van der Waals surface area contributed by atoms with Gasteiger partial charge in [0.25, 0.3) is 0 Å². The molecule has 0 fully saturated rings. The van der Waals surface area contributed by atoms with Crippen molar-refractivity contribution < 1.29 is 9.90 Å². The van der Waals surface area contributed by atoms with Crippen LogP contribution in [0.1, 0.15) is 12.8 Å². The van der Waals surface area contributed by atoms with Crippen LogP contribution in [-0.2, 0) is 4.79 Å². The molecule has 0 aromatic rings. The number of aliphatic carboxylic acids is 1. The van der Waals surface area contributed by atoms with E-state index in [1.807, 2.05) is 0 Å². The largest absolute Gasteiger partial charge is 0.480 e. The molecule has 0 rings (SSSR count). The summed E-state index contributed by atoms with van der Waals surface area (Å²) in [6, 6.07) is 0. The molecule has 0 bridgehead atoms. The van der Waals surface area contributed by atoms with Crippen LogP contribution in [0.15, 0.2) is 24.9 Å². The number of carboxylic acids is 1. The minimum absolute atomic E-state index is 0.0595. The third-order valence-electron chi connectivity index (χ3n) is 1.14. The molecule has 0 amide bonds. The summed E-state index contributed by atoms with van der Waals surface area (Å²) in [5, 5.41) is 10.9. The topological polar surface area (TPSA) is 49.3 Å². The first-order valence-electron chi connectivity index (χ1n) is 3.41. The molecule has 0 radical (unpaired) electrons. The quantitative estimate of drug-likeness (QED) is 0.565. The van der Waals surface area contributed by atoms with Gasteiger partial charge in [0, 0.05) is 5.70 Å². The van der Waals surface area contributed by atoms with Crippen LogP contribution in [0.5, 0.6) is 0 Å². The molecule has 0 aromatic heterocycles. The molecule has 0 saturated heterocycles. The Labute approximate surface area is 66.4 Å². The summed E-state index contributed by atoms with van der Waals surface area (Å²) in [6.07, 6.45) is 3.34. The summed E-state index contributed by atoms with van der Waals surface area (Å²) < 4.78 is 0. The van der Waals surface area contributed by atoms with Gasteiger partial charge in [-0.1, -0.05) is 12.7 Å². The molecule has 0 aliphatic heterocycles. The normalized spacial score (nSPS) is 8.73. The standard InChI is InChI=1S/C8H13NO2/c1-3-4-5-7(2)9-6-8(10)11/h3,9H,1-2,4-6H2,(H,10,11). The van der Waals surface area contributed by atoms with Gasteiger partial charge in [0.05, 0.1) is 0 Å². The van der Waals surface area contributed by atoms with E-state index in [0.29, 0.717) is 0 Å². The Hall–Kier alpha value is -1.25. The Morgan fingerprint density at radius 2 is 2.27 bits per heavy atom. The van der Waals surface area contributed by atoms with Crippen molar-refractivity contribution in [1.29, 1.82) is 0 Å². The van der Waals surface area contributed by atoms with Crippen molar-refractivity contribution in [3.05, 3.63) is 24.9 Å². The molecule has 0 heterocycles. The van der Waals surface area contributed by atoms with Crippen molar-refractivity contribution in [1.82, 2.24) is 5.32 Å². The van der Waals surface area contributed by atoms with Crippen LogP contribution >= 0.6 is 0 Å². The summed E-state index contributed by atoms with van der Waals surface area (Å²) in [7, 11) is 0. The van der Waals surface area contributed by atoms with E-state index in [2.05, 4.69) is 18.5 Å². The molecule has 3 nitrogen and oxygen atoms in total. The fourth-order valence-electron chi connectivity index (χ4n) is 0.565. The van der Waals surface area contributed by atoms with Crippen LogP contribution in [0.4, 0.5) is 0 Å². The molecule has 62 valence electrons. The van der Waals surface area contributed by atoms with E-state index in [-0.39, 0.29) is 6.54 Å². The third kappa shape index (κ3) is 6.64. The van der Waals surface area contributed by atoms with Gasteiger partial charge in [-0.3, -0.25) is 4.79 Å². The van der Waals surface area contributed by atoms with Gasteiger partial charge < -0.3 is 10.4 Å². The number of hydrogen-bond acceptors (Lipinski definition) is 2.